The molecule has 0 aliphatic carbocycles. The number of hydrogen-bond acceptors (Lipinski definition) is 3. The molecule has 0 aliphatic rings. The highest BCUT2D eigenvalue weighted by atomic mass is 79.9. The van der Waals surface area contributed by atoms with E-state index in [0.717, 1.165) is 15.7 Å². The Hall–Kier alpha value is -1.39. The van der Waals surface area contributed by atoms with Gasteiger partial charge in [-0.3, -0.25) is 4.98 Å². The Morgan fingerprint density at radius 1 is 1.29 bits per heavy atom. The van der Waals surface area contributed by atoms with Crippen LogP contribution in [0.5, 0.6) is 0 Å². The van der Waals surface area contributed by atoms with Gasteiger partial charge in [-0.05, 0) is 35.9 Å². The minimum Gasteiger partial charge on any atom is -0.398 e. The normalized spacial score (nSPS) is 12.4. The summed E-state index contributed by atoms with van der Waals surface area (Å²) in [6.07, 6.45) is 1.71. The highest BCUT2D eigenvalue weighted by Gasteiger charge is 2.17. The van der Waals surface area contributed by atoms with Crippen LogP contribution in [0.25, 0.3) is 0 Å². The van der Waals surface area contributed by atoms with Crippen LogP contribution in [0, 0.1) is 0 Å². The van der Waals surface area contributed by atoms with E-state index in [2.05, 4.69) is 20.9 Å². The van der Waals surface area contributed by atoms with Gasteiger partial charge in [-0.2, -0.15) is 0 Å². The summed E-state index contributed by atoms with van der Waals surface area (Å²) in [6, 6.07) is 11.3. The molecule has 1 heterocycles. The van der Waals surface area contributed by atoms with Crippen LogP contribution in [0.15, 0.2) is 47.1 Å². The number of anilines is 1. The van der Waals surface area contributed by atoms with Gasteiger partial charge in [-0.25, -0.2) is 0 Å². The van der Waals surface area contributed by atoms with Crippen molar-refractivity contribution < 1.29 is 5.11 Å². The van der Waals surface area contributed by atoms with E-state index in [9.17, 15) is 5.11 Å². The third-order valence-electron chi connectivity index (χ3n) is 2.65. The molecule has 0 fully saturated rings. The van der Waals surface area contributed by atoms with Gasteiger partial charge in [0.15, 0.2) is 0 Å². The quantitative estimate of drug-likeness (QED) is 0.855. The van der Waals surface area contributed by atoms with Crippen molar-refractivity contribution in [1.29, 1.82) is 0 Å². The van der Waals surface area contributed by atoms with E-state index in [1.54, 1.807) is 6.20 Å². The molecular formula is C13H13BrN2O. The molecule has 17 heavy (non-hydrogen) atoms. The molecule has 0 saturated carbocycles. The number of hydrogen-bond donors (Lipinski definition) is 2. The number of rotatable bonds is 3. The molecule has 2 rings (SSSR count). The van der Waals surface area contributed by atoms with Gasteiger partial charge in [-0.1, -0.05) is 22.0 Å². The first-order chi connectivity index (χ1) is 8.22. The number of nitrogens with two attached hydrogens (primary N) is 1. The third-order valence-corrected chi connectivity index (χ3v) is 3.14. The standard InChI is InChI=1S/C13H13BrN2O/c14-9-4-5-12(15)10(7-9)11(8-17)13-3-1-2-6-16-13/h1-7,11,17H,8,15H2. The van der Waals surface area contributed by atoms with Crippen LogP contribution < -0.4 is 5.73 Å². The van der Waals surface area contributed by atoms with E-state index in [4.69, 9.17) is 5.73 Å². The maximum atomic E-state index is 9.54. The smallest absolute Gasteiger partial charge is 0.0556 e. The highest BCUT2D eigenvalue weighted by molar-refractivity contribution is 9.10. The molecule has 2 aromatic rings. The first kappa shape index (κ1) is 12.1. The number of pyridine rings is 1. The second-order valence-electron chi connectivity index (χ2n) is 3.76. The second-order valence-corrected chi connectivity index (χ2v) is 4.68. The number of nitrogen functional groups attached to an aromatic ring is 1. The lowest BCUT2D eigenvalue weighted by Gasteiger charge is -2.16. The fourth-order valence-electron chi connectivity index (χ4n) is 1.78. The van der Waals surface area contributed by atoms with E-state index in [1.165, 1.54) is 0 Å². The molecule has 3 nitrogen and oxygen atoms in total. The van der Waals surface area contributed by atoms with Crippen LogP contribution in [0.2, 0.25) is 0 Å². The average molecular weight is 293 g/mol. The number of nitrogens with zero attached hydrogens (tertiary/aromatic N) is 1. The highest BCUT2D eigenvalue weighted by Crippen LogP contribution is 2.29. The Kier molecular flexibility index (Phi) is 3.76. The van der Waals surface area contributed by atoms with Gasteiger partial charge in [-0.15, -0.1) is 0 Å². The maximum absolute atomic E-state index is 9.54. The fraction of sp³-hybridized carbons (Fsp3) is 0.154. The Bertz CT molecular complexity index is 502. The summed E-state index contributed by atoms with van der Waals surface area (Å²) in [4.78, 5) is 4.27. The Balaban J connectivity index is 2.46. The van der Waals surface area contributed by atoms with Crippen molar-refractivity contribution in [2.45, 2.75) is 5.92 Å². The van der Waals surface area contributed by atoms with Crippen molar-refractivity contribution in [2.24, 2.45) is 0 Å². The van der Waals surface area contributed by atoms with Crippen LogP contribution in [0.4, 0.5) is 5.69 Å². The lowest BCUT2D eigenvalue weighted by Crippen LogP contribution is -2.10. The van der Waals surface area contributed by atoms with Crippen LogP contribution in [0.3, 0.4) is 0 Å². The summed E-state index contributed by atoms with van der Waals surface area (Å²) >= 11 is 3.41. The number of halogens is 1. The van der Waals surface area contributed by atoms with Crippen LogP contribution in [-0.4, -0.2) is 16.7 Å². The van der Waals surface area contributed by atoms with Gasteiger partial charge in [0.1, 0.15) is 0 Å². The number of aromatic nitrogens is 1. The van der Waals surface area contributed by atoms with Crippen molar-refractivity contribution in [1.82, 2.24) is 4.98 Å². The second kappa shape index (κ2) is 5.29. The summed E-state index contributed by atoms with van der Waals surface area (Å²) in [5, 5.41) is 9.54. The molecule has 88 valence electrons. The molecule has 0 amide bonds. The van der Waals surface area contributed by atoms with E-state index in [-0.39, 0.29) is 12.5 Å². The summed E-state index contributed by atoms with van der Waals surface area (Å²) in [5.41, 5.74) is 8.32. The van der Waals surface area contributed by atoms with Gasteiger partial charge in [0, 0.05) is 16.4 Å². The monoisotopic (exact) mass is 292 g/mol. The zero-order valence-electron chi connectivity index (χ0n) is 9.18. The van der Waals surface area contributed by atoms with E-state index in [1.807, 2.05) is 36.4 Å². The topological polar surface area (TPSA) is 59.1 Å². The van der Waals surface area contributed by atoms with Gasteiger partial charge >= 0.3 is 0 Å². The summed E-state index contributed by atoms with van der Waals surface area (Å²) in [6.45, 7) is -0.0162. The first-order valence-electron chi connectivity index (χ1n) is 5.29. The lowest BCUT2D eigenvalue weighted by molar-refractivity contribution is 0.279. The van der Waals surface area contributed by atoms with Crippen LogP contribution >= 0.6 is 15.9 Å². The Labute approximate surface area is 108 Å². The zero-order chi connectivity index (χ0) is 12.3. The molecule has 0 spiro atoms. The van der Waals surface area contributed by atoms with Gasteiger partial charge in [0.05, 0.1) is 18.2 Å². The summed E-state index contributed by atoms with van der Waals surface area (Å²) in [7, 11) is 0. The van der Waals surface area contributed by atoms with Gasteiger partial charge < -0.3 is 10.8 Å². The number of benzene rings is 1. The average Bonchev–Trinajstić information content (AvgIpc) is 2.36. The molecule has 1 atom stereocenters. The van der Waals surface area contributed by atoms with E-state index >= 15 is 0 Å². The number of aliphatic hydroxyl groups is 1. The molecule has 1 aromatic carbocycles. The fourth-order valence-corrected chi connectivity index (χ4v) is 2.16. The molecule has 0 radical (unpaired) electrons. The molecular weight excluding hydrogens is 280 g/mol. The zero-order valence-corrected chi connectivity index (χ0v) is 10.8. The molecule has 4 heteroatoms. The minimum absolute atomic E-state index is 0.0162. The molecule has 0 aliphatic heterocycles. The van der Waals surface area contributed by atoms with Crippen molar-refractivity contribution >= 4 is 21.6 Å². The van der Waals surface area contributed by atoms with E-state index in [0.29, 0.717) is 5.69 Å². The van der Waals surface area contributed by atoms with E-state index < -0.39 is 0 Å². The Morgan fingerprint density at radius 3 is 2.76 bits per heavy atom. The molecule has 0 saturated heterocycles. The SMILES string of the molecule is Nc1ccc(Br)cc1C(CO)c1ccccn1. The van der Waals surface area contributed by atoms with Crippen LogP contribution in [0.1, 0.15) is 17.2 Å². The predicted molar refractivity (Wildman–Crippen MR) is 71.7 cm³/mol. The molecule has 1 aromatic heterocycles. The first-order valence-corrected chi connectivity index (χ1v) is 6.08. The van der Waals surface area contributed by atoms with Crippen molar-refractivity contribution in [3.8, 4) is 0 Å². The predicted octanol–water partition coefficient (Wildman–Crippen LogP) is 2.55. The largest absolute Gasteiger partial charge is 0.398 e. The summed E-state index contributed by atoms with van der Waals surface area (Å²) < 4.78 is 0.941. The lowest BCUT2D eigenvalue weighted by atomic mass is 9.94. The van der Waals surface area contributed by atoms with Crippen molar-refractivity contribution in [3.63, 3.8) is 0 Å². The molecule has 3 N–H and O–H groups in total. The minimum atomic E-state index is -0.186. The van der Waals surface area contributed by atoms with Crippen LogP contribution in [-0.2, 0) is 0 Å². The maximum Gasteiger partial charge on any atom is 0.0556 e. The van der Waals surface area contributed by atoms with Crippen molar-refractivity contribution in [3.05, 3.63) is 58.3 Å². The third kappa shape index (κ3) is 2.65. The van der Waals surface area contributed by atoms with Gasteiger partial charge in [0.2, 0.25) is 0 Å². The summed E-state index contributed by atoms with van der Waals surface area (Å²) in [5.74, 6) is -0.186. The number of aliphatic hydroxyl groups excluding tert-OH is 1. The Morgan fingerprint density at radius 2 is 2.12 bits per heavy atom. The van der Waals surface area contributed by atoms with Gasteiger partial charge in [0.25, 0.3) is 0 Å². The van der Waals surface area contributed by atoms with Crippen molar-refractivity contribution in [2.75, 3.05) is 12.3 Å². The molecule has 0 bridgehead atoms. The molecule has 1 unspecified atom stereocenters.